The smallest absolute Gasteiger partial charge is 0.310 e. The van der Waals surface area contributed by atoms with Gasteiger partial charge in [-0.3, -0.25) is 9.89 Å². The molecule has 0 atom stereocenters. The first-order chi connectivity index (χ1) is 7.69. The van der Waals surface area contributed by atoms with Crippen molar-refractivity contribution in [3.05, 3.63) is 23.9 Å². The molecule has 1 aromatic rings. The first kappa shape index (κ1) is 12.3. The van der Waals surface area contributed by atoms with Gasteiger partial charge < -0.3 is 9.47 Å². The van der Waals surface area contributed by atoms with Gasteiger partial charge in [-0.1, -0.05) is 12.7 Å². The molecule has 0 unspecified atom stereocenters. The van der Waals surface area contributed by atoms with Crippen LogP contribution in [0.5, 0.6) is 5.88 Å². The molecule has 0 spiro atoms. The molecule has 88 valence electrons. The van der Waals surface area contributed by atoms with Gasteiger partial charge in [0.2, 0.25) is 5.88 Å². The van der Waals surface area contributed by atoms with Crippen LogP contribution in [-0.4, -0.2) is 29.4 Å². The monoisotopic (exact) mass is 224 g/mol. The van der Waals surface area contributed by atoms with Gasteiger partial charge in [-0.05, 0) is 13.8 Å². The summed E-state index contributed by atoms with van der Waals surface area (Å²) in [6.45, 7) is 7.89. The van der Waals surface area contributed by atoms with Gasteiger partial charge in [-0.15, -0.1) is 5.10 Å². The zero-order valence-electron chi connectivity index (χ0n) is 9.58. The van der Waals surface area contributed by atoms with E-state index in [4.69, 9.17) is 9.47 Å². The second kappa shape index (κ2) is 5.95. The molecule has 0 aliphatic heterocycles. The topological polar surface area (TPSA) is 64.2 Å². The molecule has 0 fully saturated rings. The maximum atomic E-state index is 11.3. The fourth-order valence-electron chi connectivity index (χ4n) is 1.25. The van der Waals surface area contributed by atoms with Gasteiger partial charge >= 0.3 is 5.97 Å². The molecule has 1 N–H and O–H groups in total. The van der Waals surface area contributed by atoms with Crippen molar-refractivity contribution in [2.24, 2.45) is 0 Å². The van der Waals surface area contributed by atoms with Gasteiger partial charge in [0, 0.05) is 11.3 Å². The minimum atomic E-state index is -0.282. The molecule has 1 heterocycles. The fourth-order valence-corrected chi connectivity index (χ4v) is 1.25. The van der Waals surface area contributed by atoms with E-state index in [0.717, 1.165) is 11.3 Å². The highest BCUT2D eigenvalue weighted by atomic mass is 16.5. The van der Waals surface area contributed by atoms with E-state index in [1.54, 1.807) is 13.0 Å². The molecule has 0 aliphatic rings. The van der Waals surface area contributed by atoms with Crippen LogP contribution in [0.2, 0.25) is 0 Å². The molecule has 0 bridgehead atoms. The number of rotatable bonds is 6. The number of aromatic amines is 1. The van der Waals surface area contributed by atoms with Crippen molar-refractivity contribution in [2.45, 2.75) is 20.3 Å². The minimum absolute atomic E-state index is 0.169. The second-order valence-corrected chi connectivity index (χ2v) is 3.21. The Morgan fingerprint density at radius 1 is 1.62 bits per heavy atom. The Morgan fingerprint density at radius 3 is 3.00 bits per heavy atom. The first-order valence-electron chi connectivity index (χ1n) is 5.12. The summed E-state index contributed by atoms with van der Waals surface area (Å²) in [5, 5.41) is 6.74. The largest absolute Gasteiger partial charge is 0.472 e. The zero-order valence-corrected chi connectivity index (χ0v) is 9.58. The van der Waals surface area contributed by atoms with E-state index in [1.165, 1.54) is 0 Å². The molecule has 5 heteroatoms. The molecule has 16 heavy (non-hydrogen) atoms. The molecule has 0 saturated carbocycles. The summed E-state index contributed by atoms with van der Waals surface area (Å²) in [6.07, 6.45) is 1.79. The Hall–Kier alpha value is -1.78. The molecule has 0 aliphatic carbocycles. The summed E-state index contributed by atoms with van der Waals surface area (Å²) in [5.41, 5.74) is 1.55. The van der Waals surface area contributed by atoms with Crippen LogP contribution in [0.15, 0.2) is 12.7 Å². The molecule has 0 amide bonds. The predicted octanol–water partition coefficient (Wildman–Crippen LogP) is 1.39. The number of carbonyl (C=O) groups is 1. The van der Waals surface area contributed by atoms with Crippen molar-refractivity contribution >= 4 is 5.97 Å². The molecular weight excluding hydrogens is 208 g/mol. The lowest BCUT2D eigenvalue weighted by Crippen LogP contribution is -2.09. The summed E-state index contributed by atoms with van der Waals surface area (Å²) in [7, 11) is 0. The van der Waals surface area contributed by atoms with E-state index in [0.29, 0.717) is 19.1 Å². The SMILES string of the molecule is C=CCOc1n[nH]c(C)c1CC(=O)OCC. The third-order valence-electron chi connectivity index (χ3n) is 2.00. The van der Waals surface area contributed by atoms with Crippen LogP contribution in [0.3, 0.4) is 0 Å². The fraction of sp³-hybridized carbons (Fsp3) is 0.455. The zero-order chi connectivity index (χ0) is 12.0. The number of hydrogen-bond acceptors (Lipinski definition) is 4. The minimum Gasteiger partial charge on any atom is -0.472 e. The highest BCUT2D eigenvalue weighted by Crippen LogP contribution is 2.19. The number of carbonyl (C=O) groups excluding carboxylic acids is 1. The highest BCUT2D eigenvalue weighted by Gasteiger charge is 2.15. The number of esters is 1. The Balaban J connectivity index is 2.72. The molecule has 5 nitrogen and oxygen atoms in total. The molecule has 0 saturated heterocycles. The first-order valence-corrected chi connectivity index (χ1v) is 5.12. The lowest BCUT2D eigenvalue weighted by molar-refractivity contribution is -0.142. The number of aryl methyl sites for hydroxylation is 1. The van der Waals surface area contributed by atoms with Crippen LogP contribution < -0.4 is 4.74 Å². The van der Waals surface area contributed by atoms with Crippen molar-refractivity contribution in [1.82, 2.24) is 10.2 Å². The number of hydrogen-bond donors (Lipinski definition) is 1. The predicted molar refractivity (Wildman–Crippen MR) is 59.4 cm³/mol. The summed E-state index contributed by atoms with van der Waals surface area (Å²) in [5.74, 6) is 0.154. The van der Waals surface area contributed by atoms with Crippen molar-refractivity contribution in [1.29, 1.82) is 0 Å². The van der Waals surface area contributed by atoms with Crippen LogP contribution in [0.4, 0.5) is 0 Å². The van der Waals surface area contributed by atoms with Crippen molar-refractivity contribution in [2.75, 3.05) is 13.2 Å². The van der Waals surface area contributed by atoms with E-state index >= 15 is 0 Å². The van der Waals surface area contributed by atoms with Crippen molar-refractivity contribution in [3.8, 4) is 5.88 Å². The summed E-state index contributed by atoms with van der Waals surface area (Å²) in [4.78, 5) is 11.3. The van der Waals surface area contributed by atoms with Crippen molar-refractivity contribution < 1.29 is 14.3 Å². The third-order valence-corrected chi connectivity index (χ3v) is 2.00. The van der Waals surface area contributed by atoms with Gasteiger partial charge in [0.1, 0.15) is 6.61 Å². The van der Waals surface area contributed by atoms with Gasteiger partial charge in [-0.25, -0.2) is 0 Å². The van der Waals surface area contributed by atoms with E-state index < -0.39 is 0 Å². The standard InChI is InChI=1S/C11H16N2O3/c1-4-6-16-11-9(8(3)12-13-11)7-10(14)15-5-2/h4H,1,5-7H2,2-3H3,(H,12,13). The second-order valence-electron chi connectivity index (χ2n) is 3.21. The Kier molecular flexibility index (Phi) is 4.57. The average molecular weight is 224 g/mol. The Morgan fingerprint density at radius 2 is 2.38 bits per heavy atom. The van der Waals surface area contributed by atoms with Crippen LogP contribution in [0.25, 0.3) is 0 Å². The van der Waals surface area contributed by atoms with Gasteiger partial charge in [-0.2, -0.15) is 0 Å². The van der Waals surface area contributed by atoms with Gasteiger partial charge in [0.15, 0.2) is 0 Å². The lowest BCUT2D eigenvalue weighted by atomic mass is 10.2. The lowest BCUT2D eigenvalue weighted by Gasteiger charge is -2.04. The molecule has 0 radical (unpaired) electrons. The van der Waals surface area contributed by atoms with E-state index in [9.17, 15) is 4.79 Å². The summed E-state index contributed by atoms with van der Waals surface area (Å²) < 4.78 is 10.2. The van der Waals surface area contributed by atoms with Gasteiger partial charge in [0.05, 0.1) is 13.0 Å². The van der Waals surface area contributed by atoms with Crippen LogP contribution in [0, 0.1) is 6.92 Å². The molecule has 1 aromatic heterocycles. The molecule has 0 aromatic carbocycles. The number of nitrogens with zero attached hydrogens (tertiary/aromatic N) is 1. The van der Waals surface area contributed by atoms with E-state index in [-0.39, 0.29) is 12.4 Å². The number of ether oxygens (including phenoxy) is 2. The maximum absolute atomic E-state index is 11.3. The van der Waals surface area contributed by atoms with Crippen LogP contribution in [-0.2, 0) is 16.0 Å². The van der Waals surface area contributed by atoms with Crippen molar-refractivity contribution in [3.63, 3.8) is 0 Å². The number of aromatic nitrogens is 2. The third kappa shape index (κ3) is 3.12. The molecular formula is C11H16N2O3. The Labute approximate surface area is 94.4 Å². The quantitative estimate of drug-likeness (QED) is 0.585. The highest BCUT2D eigenvalue weighted by molar-refractivity contribution is 5.73. The maximum Gasteiger partial charge on any atom is 0.310 e. The van der Waals surface area contributed by atoms with Crippen LogP contribution in [0.1, 0.15) is 18.2 Å². The normalized spacial score (nSPS) is 9.88. The van der Waals surface area contributed by atoms with E-state index in [2.05, 4.69) is 16.8 Å². The average Bonchev–Trinajstić information content (AvgIpc) is 2.58. The van der Waals surface area contributed by atoms with E-state index in [1.807, 2.05) is 6.92 Å². The number of nitrogens with one attached hydrogen (secondary N) is 1. The Bertz CT molecular complexity index is 371. The van der Waals surface area contributed by atoms with Gasteiger partial charge in [0.25, 0.3) is 0 Å². The number of H-pyrrole nitrogens is 1. The summed E-state index contributed by atoms with van der Waals surface area (Å²) in [6, 6.07) is 0. The molecule has 1 rings (SSSR count). The summed E-state index contributed by atoms with van der Waals surface area (Å²) >= 11 is 0. The van der Waals surface area contributed by atoms with Crippen LogP contribution >= 0.6 is 0 Å².